The summed E-state index contributed by atoms with van der Waals surface area (Å²) < 4.78 is 35.8. The normalized spacial score (nSPS) is 15.3. The number of amides is 1. The molecule has 0 aliphatic carbocycles. The Balaban J connectivity index is 1.89. The predicted molar refractivity (Wildman–Crippen MR) is 61.4 cm³/mol. The molecule has 18 heavy (non-hydrogen) atoms. The maximum Gasteiger partial charge on any atom is 0.389 e. The van der Waals surface area contributed by atoms with Gasteiger partial charge in [0.1, 0.15) is 0 Å². The van der Waals surface area contributed by atoms with Crippen molar-refractivity contribution in [2.45, 2.75) is 32.0 Å². The van der Waals surface area contributed by atoms with Gasteiger partial charge in [-0.05, 0) is 0 Å². The van der Waals surface area contributed by atoms with Crippen LogP contribution in [-0.4, -0.2) is 23.6 Å². The van der Waals surface area contributed by atoms with Crippen molar-refractivity contribution in [2.24, 2.45) is 0 Å². The lowest BCUT2D eigenvalue weighted by Crippen LogP contribution is -2.22. The fourth-order valence-electron chi connectivity index (χ4n) is 1.62. The molecule has 0 spiro atoms. The van der Waals surface area contributed by atoms with E-state index in [4.69, 9.17) is 0 Å². The zero-order chi connectivity index (χ0) is 13.2. The van der Waals surface area contributed by atoms with Gasteiger partial charge < -0.3 is 10.6 Å². The lowest BCUT2D eigenvalue weighted by Gasteiger charge is -2.09. The summed E-state index contributed by atoms with van der Waals surface area (Å²) in [7, 11) is 0. The van der Waals surface area contributed by atoms with E-state index in [1.54, 1.807) is 0 Å². The number of rotatable bonds is 3. The highest BCUT2D eigenvalue weighted by molar-refractivity contribution is 7.15. The largest absolute Gasteiger partial charge is 0.389 e. The van der Waals surface area contributed by atoms with Gasteiger partial charge in [0.2, 0.25) is 5.91 Å². The minimum absolute atomic E-state index is 0.385. The molecule has 2 rings (SSSR count). The number of carbonyl (C=O) groups excluding carboxylic acids is 1. The van der Waals surface area contributed by atoms with Crippen LogP contribution in [0.3, 0.4) is 0 Å². The number of halogens is 3. The number of nitrogens with zero attached hydrogens (tertiary/aromatic N) is 1. The number of aromatic nitrogens is 1. The molecule has 2 N–H and O–H groups in total. The molecule has 8 heteroatoms. The van der Waals surface area contributed by atoms with E-state index in [9.17, 15) is 18.0 Å². The minimum Gasteiger partial charge on any atom is -0.311 e. The lowest BCUT2D eigenvalue weighted by molar-refractivity contribution is -0.142. The molecule has 1 aromatic rings. The maximum absolute atomic E-state index is 11.9. The molecule has 0 unspecified atom stereocenters. The van der Waals surface area contributed by atoms with Crippen molar-refractivity contribution >= 4 is 22.4 Å². The first-order valence-electron chi connectivity index (χ1n) is 5.50. The van der Waals surface area contributed by atoms with Crippen LogP contribution in [0.15, 0.2) is 0 Å². The van der Waals surface area contributed by atoms with E-state index >= 15 is 0 Å². The SMILES string of the molecule is O=C(CCC(F)(F)F)Nc1nc2c(s1)CNCC2. The molecular formula is C10H12F3N3OS. The van der Waals surface area contributed by atoms with Gasteiger partial charge in [0.25, 0.3) is 0 Å². The van der Waals surface area contributed by atoms with Gasteiger partial charge in [-0.15, -0.1) is 11.3 Å². The Morgan fingerprint density at radius 1 is 1.50 bits per heavy atom. The molecule has 100 valence electrons. The first kappa shape index (κ1) is 13.3. The summed E-state index contributed by atoms with van der Waals surface area (Å²) in [6.07, 6.45) is -5.19. The topological polar surface area (TPSA) is 54.0 Å². The van der Waals surface area contributed by atoms with Crippen LogP contribution < -0.4 is 10.6 Å². The highest BCUT2D eigenvalue weighted by atomic mass is 32.1. The molecule has 1 aromatic heterocycles. The molecule has 0 aromatic carbocycles. The quantitative estimate of drug-likeness (QED) is 0.890. The summed E-state index contributed by atoms with van der Waals surface area (Å²) in [5.41, 5.74) is 0.921. The molecule has 0 saturated heterocycles. The third-order valence-electron chi connectivity index (χ3n) is 2.48. The van der Waals surface area contributed by atoms with Gasteiger partial charge in [0.05, 0.1) is 12.1 Å². The van der Waals surface area contributed by atoms with Gasteiger partial charge in [-0.2, -0.15) is 13.2 Å². The van der Waals surface area contributed by atoms with Crippen LogP contribution in [0.5, 0.6) is 0 Å². The lowest BCUT2D eigenvalue weighted by atomic mass is 10.2. The van der Waals surface area contributed by atoms with Crippen molar-refractivity contribution in [3.8, 4) is 0 Å². The Morgan fingerprint density at radius 2 is 2.28 bits per heavy atom. The molecule has 0 bridgehead atoms. The van der Waals surface area contributed by atoms with E-state index in [0.29, 0.717) is 11.7 Å². The van der Waals surface area contributed by atoms with Crippen LogP contribution in [0.4, 0.5) is 18.3 Å². The van der Waals surface area contributed by atoms with Crippen molar-refractivity contribution < 1.29 is 18.0 Å². The number of nitrogens with one attached hydrogen (secondary N) is 2. The number of carbonyl (C=O) groups is 1. The van der Waals surface area contributed by atoms with E-state index in [0.717, 1.165) is 23.5 Å². The molecule has 1 aliphatic rings. The first-order valence-corrected chi connectivity index (χ1v) is 6.31. The van der Waals surface area contributed by atoms with E-state index in [1.807, 2.05) is 0 Å². The number of fused-ring (bicyclic) bond motifs is 1. The van der Waals surface area contributed by atoms with Crippen LogP contribution in [0.1, 0.15) is 23.4 Å². The number of thiazole rings is 1. The second-order valence-electron chi connectivity index (χ2n) is 3.98. The third-order valence-corrected chi connectivity index (χ3v) is 3.50. The Hall–Kier alpha value is -1.15. The summed E-state index contributed by atoms with van der Waals surface area (Å²) in [4.78, 5) is 16.5. The third kappa shape index (κ3) is 3.67. The molecule has 1 aliphatic heterocycles. The minimum atomic E-state index is -4.30. The van der Waals surface area contributed by atoms with Gasteiger partial charge in [-0.3, -0.25) is 4.79 Å². The maximum atomic E-state index is 11.9. The summed E-state index contributed by atoms with van der Waals surface area (Å²) >= 11 is 1.31. The molecule has 0 fully saturated rings. The van der Waals surface area contributed by atoms with Crippen LogP contribution in [-0.2, 0) is 17.8 Å². The van der Waals surface area contributed by atoms with Gasteiger partial charge in [0.15, 0.2) is 5.13 Å². The Morgan fingerprint density at radius 3 is 2.94 bits per heavy atom. The molecule has 1 amide bonds. The summed E-state index contributed by atoms with van der Waals surface area (Å²) in [5, 5.41) is 5.96. The van der Waals surface area contributed by atoms with Crippen molar-refractivity contribution in [1.82, 2.24) is 10.3 Å². The van der Waals surface area contributed by atoms with E-state index < -0.39 is 24.9 Å². The average molecular weight is 279 g/mol. The van der Waals surface area contributed by atoms with E-state index in [2.05, 4.69) is 15.6 Å². The highest BCUT2D eigenvalue weighted by Crippen LogP contribution is 2.26. The zero-order valence-electron chi connectivity index (χ0n) is 9.43. The van der Waals surface area contributed by atoms with Crippen LogP contribution in [0.25, 0.3) is 0 Å². The number of hydrogen-bond acceptors (Lipinski definition) is 4. The second kappa shape index (κ2) is 5.23. The summed E-state index contributed by atoms with van der Waals surface area (Å²) in [5.74, 6) is -0.647. The molecule has 0 saturated carbocycles. The molecule has 2 heterocycles. The van der Waals surface area contributed by atoms with Crippen LogP contribution >= 0.6 is 11.3 Å². The monoisotopic (exact) mass is 279 g/mol. The van der Waals surface area contributed by atoms with Crippen LogP contribution in [0, 0.1) is 0 Å². The van der Waals surface area contributed by atoms with Crippen molar-refractivity contribution in [1.29, 1.82) is 0 Å². The highest BCUT2D eigenvalue weighted by Gasteiger charge is 2.28. The van der Waals surface area contributed by atoms with E-state index in [-0.39, 0.29) is 0 Å². The predicted octanol–water partition coefficient (Wildman–Crippen LogP) is 2.07. The molecule has 4 nitrogen and oxygen atoms in total. The standard InChI is InChI=1S/C10H12F3N3OS/c11-10(12,13)3-1-8(17)16-9-15-6-2-4-14-5-7(6)18-9/h14H,1-5H2,(H,15,16,17). The number of anilines is 1. The summed E-state index contributed by atoms with van der Waals surface area (Å²) in [6.45, 7) is 1.53. The fraction of sp³-hybridized carbons (Fsp3) is 0.600. The molecular weight excluding hydrogens is 267 g/mol. The Labute approximate surface area is 106 Å². The van der Waals surface area contributed by atoms with Gasteiger partial charge >= 0.3 is 6.18 Å². The van der Waals surface area contributed by atoms with Crippen molar-refractivity contribution in [3.63, 3.8) is 0 Å². The van der Waals surface area contributed by atoms with Gasteiger partial charge in [-0.25, -0.2) is 4.98 Å². The van der Waals surface area contributed by atoms with Crippen molar-refractivity contribution in [3.05, 3.63) is 10.6 Å². The Bertz CT molecular complexity index is 421. The number of alkyl halides is 3. The second-order valence-corrected chi connectivity index (χ2v) is 5.06. The Kier molecular flexibility index (Phi) is 3.86. The van der Waals surface area contributed by atoms with E-state index in [1.165, 1.54) is 11.3 Å². The fourth-order valence-corrected chi connectivity index (χ4v) is 2.61. The smallest absolute Gasteiger partial charge is 0.311 e. The first-order chi connectivity index (χ1) is 8.44. The van der Waals surface area contributed by atoms with Gasteiger partial charge in [0, 0.05) is 30.8 Å². The van der Waals surface area contributed by atoms with Gasteiger partial charge in [-0.1, -0.05) is 0 Å². The zero-order valence-corrected chi connectivity index (χ0v) is 10.2. The van der Waals surface area contributed by atoms with Crippen LogP contribution in [0.2, 0.25) is 0 Å². The average Bonchev–Trinajstić information content (AvgIpc) is 2.67. The molecule has 0 atom stereocenters. The molecule has 0 radical (unpaired) electrons. The van der Waals surface area contributed by atoms with Crippen molar-refractivity contribution in [2.75, 3.05) is 11.9 Å². The number of hydrogen-bond donors (Lipinski definition) is 2. The summed E-state index contributed by atoms with van der Waals surface area (Å²) in [6, 6.07) is 0.